The van der Waals surface area contributed by atoms with E-state index in [4.69, 9.17) is 5.11 Å². The van der Waals surface area contributed by atoms with Crippen LogP contribution in [-0.4, -0.2) is 32.9 Å². The van der Waals surface area contributed by atoms with Gasteiger partial charge in [0.05, 0.1) is 5.41 Å². The van der Waals surface area contributed by atoms with Crippen molar-refractivity contribution >= 4 is 17.5 Å². The van der Waals surface area contributed by atoms with E-state index in [9.17, 15) is 24.6 Å². The highest BCUT2D eigenvalue weighted by molar-refractivity contribution is 6.02. The van der Waals surface area contributed by atoms with Gasteiger partial charge >= 0.3 is 5.97 Å². The number of carboxylic acids is 1. The van der Waals surface area contributed by atoms with Gasteiger partial charge in [-0.15, -0.1) is 0 Å². The molecular weight excluding hydrogens is 408 g/mol. The highest BCUT2D eigenvalue weighted by Gasteiger charge is 2.68. The van der Waals surface area contributed by atoms with Gasteiger partial charge in [-0.25, -0.2) is 0 Å². The van der Waals surface area contributed by atoms with Crippen LogP contribution in [0.15, 0.2) is 23.2 Å². The van der Waals surface area contributed by atoms with Gasteiger partial charge in [0.1, 0.15) is 5.78 Å². The predicted octanol–water partition coefficient (Wildman–Crippen LogP) is 5.14. The maximum atomic E-state index is 13.2. The summed E-state index contributed by atoms with van der Waals surface area (Å²) in [5.74, 6) is -1.14. The van der Waals surface area contributed by atoms with Crippen molar-refractivity contribution in [1.82, 2.24) is 0 Å². The van der Waals surface area contributed by atoms with Gasteiger partial charge in [-0.2, -0.15) is 0 Å². The number of hydrogen-bond acceptors (Lipinski definition) is 5. The molecule has 4 aliphatic rings. The summed E-state index contributed by atoms with van der Waals surface area (Å²) in [6, 6.07) is 0. The summed E-state index contributed by atoms with van der Waals surface area (Å²) in [7, 11) is 0. The molecule has 0 aromatic carbocycles. The molecular formula is C26H36O6. The summed E-state index contributed by atoms with van der Waals surface area (Å²) in [5.41, 5.74) is -0.665. The van der Waals surface area contributed by atoms with Crippen molar-refractivity contribution < 1.29 is 29.7 Å². The van der Waals surface area contributed by atoms with Gasteiger partial charge in [-0.3, -0.25) is 14.4 Å². The number of hydrogen-bond donors (Lipinski definition) is 3. The maximum Gasteiger partial charge on any atom is 0.303 e. The van der Waals surface area contributed by atoms with Crippen LogP contribution < -0.4 is 0 Å². The van der Waals surface area contributed by atoms with Gasteiger partial charge in [-0.05, 0) is 94.0 Å². The molecule has 0 aliphatic heterocycles. The van der Waals surface area contributed by atoms with E-state index < -0.39 is 22.6 Å². The molecule has 0 heterocycles. The van der Waals surface area contributed by atoms with Crippen molar-refractivity contribution in [1.29, 1.82) is 0 Å². The first-order valence-corrected chi connectivity index (χ1v) is 12.0. The number of fused-ring (bicyclic) bond motifs is 5. The third-order valence-corrected chi connectivity index (χ3v) is 10.3. The molecule has 0 saturated heterocycles. The number of aliphatic hydroxyl groups excluding tert-OH is 2. The predicted molar refractivity (Wildman–Crippen MR) is 119 cm³/mol. The molecule has 0 amide bonds. The second-order valence-corrected chi connectivity index (χ2v) is 11.2. The van der Waals surface area contributed by atoms with Crippen LogP contribution in [0.3, 0.4) is 0 Å². The first-order valence-electron chi connectivity index (χ1n) is 12.0. The number of carbonyl (C=O) groups is 3. The zero-order valence-corrected chi connectivity index (χ0v) is 19.6. The molecule has 0 spiro atoms. The van der Waals surface area contributed by atoms with Crippen molar-refractivity contribution in [2.45, 2.75) is 79.1 Å². The monoisotopic (exact) mass is 444 g/mol. The molecule has 0 bridgehead atoms. The van der Waals surface area contributed by atoms with Crippen LogP contribution in [0.25, 0.3) is 0 Å². The van der Waals surface area contributed by atoms with E-state index in [1.54, 1.807) is 13.0 Å². The summed E-state index contributed by atoms with van der Waals surface area (Å²) in [6.07, 6.45) is 6.86. The van der Waals surface area contributed by atoms with Crippen molar-refractivity contribution in [3.8, 4) is 0 Å². The lowest BCUT2D eigenvalue weighted by Gasteiger charge is -2.59. The van der Waals surface area contributed by atoms with E-state index >= 15 is 0 Å². The maximum absolute atomic E-state index is 13.2. The molecule has 4 aliphatic carbocycles. The van der Waals surface area contributed by atoms with Gasteiger partial charge in [0.25, 0.3) is 0 Å². The average Bonchev–Trinajstić information content (AvgIpc) is 2.95. The zero-order chi connectivity index (χ0) is 23.6. The Morgan fingerprint density at radius 3 is 2.47 bits per heavy atom. The largest absolute Gasteiger partial charge is 0.504 e. The fourth-order valence-electron chi connectivity index (χ4n) is 8.79. The molecule has 0 unspecified atom stereocenters. The quantitative estimate of drug-likeness (QED) is 0.541. The van der Waals surface area contributed by atoms with Gasteiger partial charge < -0.3 is 15.3 Å². The van der Waals surface area contributed by atoms with E-state index in [0.29, 0.717) is 19.3 Å². The Morgan fingerprint density at radius 1 is 1.16 bits per heavy atom. The zero-order valence-electron chi connectivity index (χ0n) is 19.6. The Bertz CT molecular complexity index is 931. The number of ketones is 2. The van der Waals surface area contributed by atoms with Crippen molar-refractivity contribution in [3.63, 3.8) is 0 Å². The van der Waals surface area contributed by atoms with Crippen molar-refractivity contribution in [3.05, 3.63) is 23.2 Å². The van der Waals surface area contributed by atoms with Crippen LogP contribution in [0.2, 0.25) is 0 Å². The third kappa shape index (κ3) is 2.80. The number of rotatable bonds is 5. The lowest BCUT2D eigenvalue weighted by molar-refractivity contribution is -0.150. The molecule has 3 fully saturated rings. The van der Waals surface area contributed by atoms with Gasteiger partial charge in [0.15, 0.2) is 5.76 Å². The molecule has 3 N–H and O–H groups in total. The Kier molecular flexibility index (Phi) is 5.38. The standard InChI is InChI=1S/C26H36O6/c1-14-12-19-17-8-7-16-13-20(28)22(31)23(32)25(16,4)18(17)9-11-24(19,3)26(14,15(2)27)10-5-6-21(29)30/h13-14,17-19,28,31H,5-12H2,1-4H3,(H,29,30)/t14-,17+,18-,19-,24-,25-,26+/m0/s1. The summed E-state index contributed by atoms with van der Waals surface area (Å²) < 4.78 is 0. The van der Waals surface area contributed by atoms with Crippen LogP contribution in [0, 0.1) is 39.9 Å². The summed E-state index contributed by atoms with van der Waals surface area (Å²) in [5, 5.41) is 29.5. The van der Waals surface area contributed by atoms with Crippen LogP contribution in [-0.2, 0) is 14.4 Å². The van der Waals surface area contributed by atoms with E-state index in [-0.39, 0.29) is 52.8 Å². The molecule has 4 rings (SSSR count). The first-order chi connectivity index (χ1) is 14.9. The second-order valence-electron chi connectivity index (χ2n) is 11.2. The highest BCUT2D eigenvalue weighted by Crippen LogP contribution is 2.72. The average molecular weight is 445 g/mol. The normalized spacial score (nSPS) is 43.2. The lowest BCUT2D eigenvalue weighted by atomic mass is 9.44. The molecule has 3 saturated carbocycles. The molecule has 0 aromatic rings. The van der Waals surface area contributed by atoms with Crippen LogP contribution >= 0.6 is 0 Å². The second kappa shape index (κ2) is 7.46. The van der Waals surface area contributed by atoms with Crippen LogP contribution in [0.5, 0.6) is 0 Å². The number of aliphatic carboxylic acids is 1. The SMILES string of the molecule is CC(=O)[C@@]1(CCCC(=O)O)[C@@H](C)C[C@H]2[C@@H]3CCC4=CC(O)=C(O)C(=O)[C@]4(C)[C@H]3CC[C@@]21C. The van der Waals surface area contributed by atoms with Gasteiger partial charge in [0, 0.05) is 11.8 Å². The summed E-state index contributed by atoms with van der Waals surface area (Å²) in [6.45, 7) is 7.98. The van der Waals surface area contributed by atoms with Crippen molar-refractivity contribution in [2.24, 2.45) is 39.9 Å². The molecule has 0 aromatic heterocycles. The Balaban J connectivity index is 1.71. The van der Waals surface area contributed by atoms with Crippen molar-refractivity contribution in [2.75, 3.05) is 0 Å². The smallest absolute Gasteiger partial charge is 0.303 e. The molecule has 6 heteroatoms. The number of aliphatic hydroxyl groups is 2. The fraction of sp³-hybridized carbons (Fsp3) is 0.731. The molecule has 7 atom stereocenters. The van der Waals surface area contributed by atoms with E-state index in [0.717, 1.165) is 31.3 Å². The fourth-order valence-corrected chi connectivity index (χ4v) is 8.79. The minimum atomic E-state index is -0.828. The number of allylic oxidation sites excluding steroid dienone is 3. The minimum Gasteiger partial charge on any atom is -0.504 e. The van der Waals surface area contributed by atoms with E-state index in [1.165, 1.54) is 0 Å². The third-order valence-electron chi connectivity index (χ3n) is 10.3. The number of carbonyl (C=O) groups excluding carboxylic acids is 2. The minimum absolute atomic E-state index is 0.0669. The van der Waals surface area contributed by atoms with Crippen LogP contribution in [0.4, 0.5) is 0 Å². The topological polar surface area (TPSA) is 112 Å². The van der Waals surface area contributed by atoms with Crippen LogP contribution in [0.1, 0.15) is 79.1 Å². The molecule has 0 radical (unpaired) electrons. The van der Waals surface area contributed by atoms with Gasteiger partial charge in [0.2, 0.25) is 11.5 Å². The number of carboxylic acid groups (broad SMARTS) is 1. The lowest BCUT2D eigenvalue weighted by Crippen LogP contribution is -2.56. The highest BCUT2D eigenvalue weighted by atomic mass is 16.4. The van der Waals surface area contributed by atoms with E-state index in [2.05, 4.69) is 13.8 Å². The molecule has 176 valence electrons. The summed E-state index contributed by atoms with van der Waals surface area (Å²) >= 11 is 0. The Labute approximate surface area is 189 Å². The Morgan fingerprint density at radius 2 is 1.84 bits per heavy atom. The van der Waals surface area contributed by atoms with E-state index in [1.807, 2.05) is 6.92 Å². The molecule has 6 nitrogen and oxygen atoms in total. The first kappa shape index (κ1) is 23.1. The van der Waals surface area contributed by atoms with Gasteiger partial charge in [-0.1, -0.05) is 19.4 Å². The summed E-state index contributed by atoms with van der Waals surface area (Å²) in [4.78, 5) is 37.6. The Hall–Kier alpha value is -2.11. The number of Topliss-reactive ketones (excluding diaryl/α,β-unsaturated/α-hetero) is 2. The molecule has 32 heavy (non-hydrogen) atoms.